The van der Waals surface area contributed by atoms with E-state index in [2.05, 4.69) is 6.92 Å². The molecule has 0 heterocycles. The lowest BCUT2D eigenvalue weighted by Gasteiger charge is -2.35. The van der Waals surface area contributed by atoms with E-state index >= 15 is 4.39 Å². The highest BCUT2D eigenvalue weighted by atomic mass is 19.3. The molecule has 0 bridgehead atoms. The van der Waals surface area contributed by atoms with Gasteiger partial charge in [0.05, 0.1) is 18.8 Å². The zero-order valence-electron chi connectivity index (χ0n) is 21.7. The predicted molar refractivity (Wildman–Crippen MR) is 133 cm³/mol. The van der Waals surface area contributed by atoms with Crippen LogP contribution in [0.1, 0.15) is 83.3 Å². The molecule has 2 aliphatic rings. The molecule has 1 saturated carbocycles. The Bertz CT molecular complexity index is 1020. The minimum atomic E-state index is -4.79. The quantitative estimate of drug-likeness (QED) is 0.123. The molecule has 0 spiro atoms. The fraction of sp³-hybridized carbons (Fsp3) is 0.586. The maximum absolute atomic E-state index is 15.4. The first-order valence-corrected chi connectivity index (χ1v) is 13.1. The highest BCUT2D eigenvalue weighted by Gasteiger charge is 2.63. The smallest absolute Gasteiger partial charge is 0.342 e. The maximum Gasteiger partial charge on any atom is 0.342 e. The van der Waals surface area contributed by atoms with Gasteiger partial charge in [-0.2, -0.15) is 17.6 Å². The zero-order valence-corrected chi connectivity index (χ0v) is 21.7. The number of rotatable bonds is 11. The molecule has 2 aliphatic carbocycles. The molecule has 0 unspecified atom stereocenters. The monoisotopic (exact) mass is 530 g/mol. The first-order valence-electron chi connectivity index (χ1n) is 13.1. The summed E-state index contributed by atoms with van der Waals surface area (Å²) < 4.78 is 98.6. The first kappa shape index (κ1) is 29.2. The lowest BCUT2D eigenvalue weighted by atomic mass is 9.80. The van der Waals surface area contributed by atoms with Gasteiger partial charge in [0.1, 0.15) is 12.1 Å². The molecular weight excluding hydrogens is 494 g/mol. The van der Waals surface area contributed by atoms with E-state index in [-0.39, 0.29) is 36.8 Å². The van der Waals surface area contributed by atoms with Gasteiger partial charge >= 0.3 is 11.8 Å². The third kappa shape index (κ3) is 6.20. The van der Waals surface area contributed by atoms with Crippen molar-refractivity contribution in [2.45, 2.75) is 84.0 Å². The Morgan fingerprint density at radius 1 is 1.00 bits per heavy atom. The molecule has 0 amide bonds. The van der Waals surface area contributed by atoms with E-state index < -0.39 is 40.1 Å². The second-order valence-electron chi connectivity index (χ2n) is 9.96. The molecule has 3 rings (SSSR count). The van der Waals surface area contributed by atoms with Crippen molar-refractivity contribution in [3.63, 3.8) is 0 Å². The summed E-state index contributed by atoms with van der Waals surface area (Å²) in [5, 5.41) is 0. The van der Waals surface area contributed by atoms with Crippen molar-refractivity contribution in [1.82, 2.24) is 0 Å². The molecule has 1 fully saturated rings. The first-order chi connectivity index (χ1) is 17.6. The highest BCUT2D eigenvalue weighted by Crippen LogP contribution is 2.56. The Labute approximate surface area is 215 Å². The van der Waals surface area contributed by atoms with Crippen molar-refractivity contribution in [3.8, 4) is 5.75 Å². The van der Waals surface area contributed by atoms with E-state index in [4.69, 9.17) is 9.47 Å². The molecule has 0 aromatic heterocycles. The number of alkyl halides is 4. The summed E-state index contributed by atoms with van der Waals surface area (Å²) in [5.41, 5.74) is -3.07. The third-order valence-corrected chi connectivity index (χ3v) is 7.47. The molecule has 0 radical (unpaired) electrons. The number of unbranched alkanes of at least 4 members (excludes halogenated alkanes) is 2. The highest BCUT2D eigenvalue weighted by molar-refractivity contribution is 5.83. The largest absolute Gasteiger partial charge is 0.491 e. The van der Waals surface area contributed by atoms with Crippen LogP contribution in [0.2, 0.25) is 0 Å². The van der Waals surface area contributed by atoms with Crippen molar-refractivity contribution in [2.75, 3.05) is 13.2 Å². The molecule has 0 atom stereocenters. The van der Waals surface area contributed by atoms with Crippen LogP contribution < -0.4 is 4.74 Å². The molecule has 8 heteroatoms. The van der Waals surface area contributed by atoms with Gasteiger partial charge in [-0.25, -0.2) is 8.78 Å². The Kier molecular flexibility index (Phi) is 9.81. The summed E-state index contributed by atoms with van der Waals surface area (Å²) >= 11 is 0. The number of fused-ring (bicyclic) bond motifs is 1. The molecule has 206 valence electrons. The summed E-state index contributed by atoms with van der Waals surface area (Å²) in [6, 6.07) is 2.35. The minimum Gasteiger partial charge on any atom is -0.491 e. The average molecular weight is 531 g/mol. The van der Waals surface area contributed by atoms with E-state index in [0.29, 0.717) is 5.92 Å². The lowest BCUT2D eigenvalue weighted by Crippen LogP contribution is -2.43. The third-order valence-electron chi connectivity index (χ3n) is 7.47. The van der Waals surface area contributed by atoms with Crippen LogP contribution in [0, 0.1) is 17.7 Å². The average Bonchev–Trinajstić information content (AvgIpc) is 2.87. The molecule has 0 N–H and O–H groups in total. The summed E-state index contributed by atoms with van der Waals surface area (Å²) in [5.74, 6) is -10.9. The van der Waals surface area contributed by atoms with Gasteiger partial charge in [0.25, 0.3) is 0 Å². The second kappa shape index (κ2) is 12.4. The SMILES string of the molecule is CCCCCC1CCC(COc2ccc3c(c2F)C(F)(F)C(F)(F)C(C)=C3/C=C\C(=C\F)OCC)CC1. The van der Waals surface area contributed by atoms with Gasteiger partial charge in [-0.15, -0.1) is 0 Å². The second-order valence-corrected chi connectivity index (χ2v) is 9.96. The molecule has 1 aromatic carbocycles. The van der Waals surface area contributed by atoms with Gasteiger partial charge in [-0.1, -0.05) is 51.5 Å². The normalized spacial score (nSPS) is 23.3. The fourth-order valence-corrected chi connectivity index (χ4v) is 5.20. The van der Waals surface area contributed by atoms with E-state index in [0.717, 1.165) is 50.8 Å². The lowest BCUT2D eigenvalue weighted by molar-refractivity contribution is -0.196. The van der Waals surface area contributed by atoms with Crippen LogP contribution in [-0.2, 0) is 10.7 Å². The van der Waals surface area contributed by atoms with Crippen molar-refractivity contribution in [3.05, 3.63) is 58.9 Å². The number of hydrogen-bond donors (Lipinski definition) is 0. The van der Waals surface area contributed by atoms with E-state index in [1.54, 1.807) is 6.92 Å². The van der Waals surface area contributed by atoms with Crippen LogP contribution in [0.15, 0.2) is 41.9 Å². The number of allylic oxidation sites excluding steroid dienone is 4. The minimum absolute atomic E-state index is 0.110. The van der Waals surface area contributed by atoms with Crippen LogP contribution in [0.5, 0.6) is 5.75 Å². The van der Waals surface area contributed by atoms with Crippen molar-refractivity contribution < 1.29 is 35.8 Å². The summed E-state index contributed by atoms with van der Waals surface area (Å²) in [6.07, 6.45) is 10.9. The summed E-state index contributed by atoms with van der Waals surface area (Å²) in [6.45, 7) is 4.88. The fourth-order valence-electron chi connectivity index (χ4n) is 5.20. The van der Waals surface area contributed by atoms with Crippen LogP contribution in [0.3, 0.4) is 0 Å². The standard InChI is InChI=1S/C29H36F6O2/c1-4-6-7-8-20-9-11-21(12-10-20)18-37-25-16-15-24-23(14-13-22(17-30)36-5-2)19(3)28(32,33)29(34,35)26(24)27(25)31/h13-17,20-21H,4-12,18H2,1-3H3/b14-13-,22-17-. The van der Waals surface area contributed by atoms with Gasteiger partial charge in [0, 0.05) is 5.57 Å². The van der Waals surface area contributed by atoms with Crippen molar-refractivity contribution in [1.29, 1.82) is 0 Å². The molecule has 0 saturated heterocycles. The Hall–Kier alpha value is -2.38. The van der Waals surface area contributed by atoms with Gasteiger partial charge < -0.3 is 9.47 Å². The van der Waals surface area contributed by atoms with E-state index in [1.807, 2.05) is 0 Å². The number of benzene rings is 1. The molecule has 2 nitrogen and oxygen atoms in total. The van der Waals surface area contributed by atoms with Crippen LogP contribution in [-0.4, -0.2) is 19.1 Å². The number of ether oxygens (including phenoxy) is 2. The predicted octanol–water partition coefficient (Wildman–Crippen LogP) is 9.51. The summed E-state index contributed by atoms with van der Waals surface area (Å²) in [4.78, 5) is 0. The Morgan fingerprint density at radius 2 is 1.68 bits per heavy atom. The molecule has 37 heavy (non-hydrogen) atoms. The van der Waals surface area contributed by atoms with Gasteiger partial charge in [-0.3, -0.25) is 0 Å². The van der Waals surface area contributed by atoms with Gasteiger partial charge in [0.15, 0.2) is 11.6 Å². The number of hydrogen-bond acceptors (Lipinski definition) is 2. The van der Waals surface area contributed by atoms with Crippen molar-refractivity contribution >= 4 is 5.57 Å². The van der Waals surface area contributed by atoms with Gasteiger partial charge in [-0.05, 0) is 67.9 Å². The molecule has 1 aromatic rings. The topological polar surface area (TPSA) is 18.5 Å². The molecular formula is C29H36F6O2. The van der Waals surface area contributed by atoms with Gasteiger partial charge in [0.2, 0.25) is 0 Å². The van der Waals surface area contributed by atoms with E-state index in [1.165, 1.54) is 31.7 Å². The van der Waals surface area contributed by atoms with E-state index in [9.17, 15) is 22.0 Å². The zero-order chi connectivity index (χ0) is 27.2. The Balaban J connectivity index is 1.82. The Morgan fingerprint density at radius 3 is 2.30 bits per heavy atom. The maximum atomic E-state index is 15.4. The van der Waals surface area contributed by atoms with Crippen LogP contribution in [0.25, 0.3) is 5.57 Å². The van der Waals surface area contributed by atoms with Crippen molar-refractivity contribution in [2.24, 2.45) is 11.8 Å². The molecule has 0 aliphatic heterocycles. The van der Waals surface area contributed by atoms with Crippen LogP contribution in [0.4, 0.5) is 26.3 Å². The summed E-state index contributed by atoms with van der Waals surface area (Å²) in [7, 11) is 0. The number of halogens is 6. The van der Waals surface area contributed by atoms with Crippen LogP contribution >= 0.6 is 0 Å².